The summed E-state index contributed by atoms with van der Waals surface area (Å²) in [6, 6.07) is 0.799. The molecule has 1 saturated heterocycles. The van der Waals surface area contributed by atoms with Crippen LogP contribution in [-0.2, 0) is 0 Å². The molecule has 1 heterocycles. The maximum Gasteiger partial charge on any atom is 0.128 e. The maximum atomic E-state index is 13.5. The summed E-state index contributed by atoms with van der Waals surface area (Å²) in [7, 11) is 1.86. The number of halogens is 1. The molecule has 0 spiro atoms. The first-order valence-corrected chi connectivity index (χ1v) is 5.36. The van der Waals surface area contributed by atoms with E-state index in [0.717, 1.165) is 13.0 Å². The third-order valence-electron chi connectivity index (χ3n) is 3.53. The van der Waals surface area contributed by atoms with Gasteiger partial charge in [-0.15, -0.1) is 0 Å². The smallest absolute Gasteiger partial charge is 0.128 e. The number of nitrogens with one attached hydrogen (secondary N) is 1. The van der Waals surface area contributed by atoms with Crippen LogP contribution in [0.3, 0.4) is 0 Å². The van der Waals surface area contributed by atoms with E-state index in [1.54, 1.807) is 0 Å². The third kappa shape index (κ3) is 1.86. The van der Waals surface area contributed by atoms with E-state index in [1.807, 2.05) is 7.05 Å². The minimum absolute atomic E-state index is 0.0938. The molecule has 2 nitrogen and oxygen atoms in total. The molecule has 2 rings (SSSR count). The summed E-state index contributed by atoms with van der Waals surface area (Å²) in [5.41, 5.74) is 0. The third-order valence-corrected chi connectivity index (χ3v) is 3.53. The molecular formula is C10H19FN2. The highest BCUT2D eigenvalue weighted by Crippen LogP contribution is 2.28. The Morgan fingerprint density at radius 2 is 2.08 bits per heavy atom. The lowest BCUT2D eigenvalue weighted by Gasteiger charge is -2.43. The SMILES string of the molecule is CNC1CCN(C2CCC2)CC1F. The lowest BCUT2D eigenvalue weighted by molar-refractivity contribution is 0.0445. The van der Waals surface area contributed by atoms with Crippen LogP contribution in [0, 0.1) is 0 Å². The largest absolute Gasteiger partial charge is 0.314 e. The molecule has 0 aromatic heterocycles. The van der Waals surface area contributed by atoms with Crippen molar-refractivity contribution in [1.29, 1.82) is 0 Å². The second kappa shape index (κ2) is 3.93. The zero-order valence-corrected chi connectivity index (χ0v) is 8.30. The van der Waals surface area contributed by atoms with Crippen molar-refractivity contribution in [1.82, 2.24) is 10.2 Å². The Kier molecular flexibility index (Phi) is 2.84. The molecule has 76 valence electrons. The second-order valence-corrected chi connectivity index (χ2v) is 4.28. The van der Waals surface area contributed by atoms with E-state index in [0.29, 0.717) is 12.6 Å². The van der Waals surface area contributed by atoms with Crippen LogP contribution in [-0.4, -0.2) is 43.3 Å². The van der Waals surface area contributed by atoms with Crippen molar-refractivity contribution in [2.24, 2.45) is 0 Å². The summed E-state index contributed by atoms with van der Waals surface area (Å²) in [6.45, 7) is 1.73. The lowest BCUT2D eigenvalue weighted by Crippen LogP contribution is -2.54. The number of piperidine rings is 1. The van der Waals surface area contributed by atoms with Crippen LogP contribution in [0.1, 0.15) is 25.7 Å². The number of rotatable bonds is 2. The van der Waals surface area contributed by atoms with Gasteiger partial charge in [0, 0.05) is 25.2 Å². The Balaban J connectivity index is 1.83. The van der Waals surface area contributed by atoms with Crippen molar-refractivity contribution in [3.63, 3.8) is 0 Å². The standard InChI is InChI=1S/C10H19FN2/c1-12-10-5-6-13(7-9(10)11)8-3-2-4-8/h8-10,12H,2-7H2,1H3. The van der Waals surface area contributed by atoms with Gasteiger partial charge in [-0.1, -0.05) is 6.42 Å². The summed E-state index contributed by atoms with van der Waals surface area (Å²) in [4.78, 5) is 2.34. The molecule has 1 aliphatic carbocycles. The molecule has 2 unspecified atom stereocenters. The first kappa shape index (κ1) is 9.41. The minimum atomic E-state index is -0.667. The Morgan fingerprint density at radius 1 is 1.31 bits per heavy atom. The van der Waals surface area contributed by atoms with Crippen molar-refractivity contribution in [2.75, 3.05) is 20.1 Å². The van der Waals surface area contributed by atoms with Gasteiger partial charge in [0.2, 0.25) is 0 Å². The van der Waals surface area contributed by atoms with Gasteiger partial charge < -0.3 is 5.32 Å². The number of hydrogen-bond donors (Lipinski definition) is 1. The average Bonchev–Trinajstić information content (AvgIpc) is 2.01. The first-order chi connectivity index (χ1) is 6.31. The van der Waals surface area contributed by atoms with Crippen LogP contribution in [0.15, 0.2) is 0 Å². The molecule has 1 N–H and O–H groups in total. The van der Waals surface area contributed by atoms with E-state index in [-0.39, 0.29) is 6.04 Å². The van der Waals surface area contributed by atoms with Gasteiger partial charge in [0.25, 0.3) is 0 Å². The normalized spacial score (nSPS) is 37.4. The summed E-state index contributed by atoms with van der Waals surface area (Å²) in [5, 5.41) is 3.05. The fourth-order valence-corrected chi connectivity index (χ4v) is 2.34. The summed E-state index contributed by atoms with van der Waals surface area (Å²) in [5.74, 6) is 0. The van der Waals surface area contributed by atoms with E-state index >= 15 is 0 Å². The second-order valence-electron chi connectivity index (χ2n) is 4.28. The van der Waals surface area contributed by atoms with Crippen LogP contribution in [0.25, 0.3) is 0 Å². The summed E-state index contributed by atoms with van der Waals surface area (Å²) >= 11 is 0. The van der Waals surface area contributed by atoms with Crippen molar-refractivity contribution in [3.8, 4) is 0 Å². The van der Waals surface area contributed by atoms with E-state index < -0.39 is 6.17 Å². The molecule has 2 atom stereocenters. The topological polar surface area (TPSA) is 15.3 Å². The molecule has 0 bridgehead atoms. The van der Waals surface area contributed by atoms with Crippen molar-refractivity contribution >= 4 is 0 Å². The van der Waals surface area contributed by atoms with Gasteiger partial charge in [-0.3, -0.25) is 4.90 Å². The van der Waals surface area contributed by atoms with E-state index in [2.05, 4.69) is 10.2 Å². The molecule has 1 aliphatic heterocycles. The highest BCUT2D eigenvalue weighted by atomic mass is 19.1. The monoisotopic (exact) mass is 186 g/mol. The van der Waals surface area contributed by atoms with Crippen LogP contribution < -0.4 is 5.32 Å². The molecule has 2 fully saturated rings. The van der Waals surface area contributed by atoms with Gasteiger partial charge in [0.05, 0.1) is 0 Å². The molecule has 0 radical (unpaired) electrons. The molecular weight excluding hydrogens is 167 g/mol. The van der Waals surface area contributed by atoms with Gasteiger partial charge in [-0.25, -0.2) is 4.39 Å². The van der Waals surface area contributed by atoms with E-state index in [9.17, 15) is 4.39 Å². The predicted molar refractivity (Wildman–Crippen MR) is 51.6 cm³/mol. The Morgan fingerprint density at radius 3 is 2.54 bits per heavy atom. The zero-order chi connectivity index (χ0) is 9.26. The van der Waals surface area contributed by atoms with Gasteiger partial charge >= 0.3 is 0 Å². The maximum absolute atomic E-state index is 13.5. The fourth-order valence-electron chi connectivity index (χ4n) is 2.34. The van der Waals surface area contributed by atoms with Crippen molar-refractivity contribution in [3.05, 3.63) is 0 Å². The van der Waals surface area contributed by atoms with Crippen LogP contribution >= 0.6 is 0 Å². The molecule has 3 heteroatoms. The van der Waals surface area contributed by atoms with Gasteiger partial charge in [-0.2, -0.15) is 0 Å². The number of likely N-dealkylation sites (tertiary alicyclic amines) is 1. The highest BCUT2D eigenvalue weighted by Gasteiger charge is 2.33. The van der Waals surface area contributed by atoms with Gasteiger partial charge in [-0.05, 0) is 26.3 Å². The quantitative estimate of drug-likeness (QED) is 0.696. The van der Waals surface area contributed by atoms with Crippen molar-refractivity contribution in [2.45, 2.75) is 43.9 Å². The van der Waals surface area contributed by atoms with Gasteiger partial charge in [0.1, 0.15) is 6.17 Å². The fraction of sp³-hybridized carbons (Fsp3) is 1.00. The first-order valence-electron chi connectivity index (χ1n) is 5.36. The minimum Gasteiger partial charge on any atom is -0.314 e. The lowest BCUT2D eigenvalue weighted by atomic mass is 9.89. The predicted octanol–water partition coefficient (Wildman–Crippen LogP) is 1.17. The average molecular weight is 186 g/mol. The molecule has 13 heavy (non-hydrogen) atoms. The van der Waals surface area contributed by atoms with Crippen LogP contribution in [0.5, 0.6) is 0 Å². The Bertz CT molecular complexity index is 170. The van der Waals surface area contributed by atoms with E-state index in [4.69, 9.17) is 0 Å². The molecule has 0 aromatic rings. The molecule has 0 aromatic carbocycles. The van der Waals surface area contributed by atoms with Crippen LogP contribution in [0.2, 0.25) is 0 Å². The summed E-state index contributed by atoms with van der Waals surface area (Å²) in [6.07, 6.45) is 4.22. The van der Waals surface area contributed by atoms with Gasteiger partial charge in [0.15, 0.2) is 0 Å². The Hall–Kier alpha value is -0.150. The molecule has 0 amide bonds. The number of hydrogen-bond acceptors (Lipinski definition) is 2. The van der Waals surface area contributed by atoms with E-state index in [1.165, 1.54) is 19.3 Å². The molecule has 1 saturated carbocycles. The van der Waals surface area contributed by atoms with Crippen LogP contribution in [0.4, 0.5) is 4.39 Å². The zero-order valence-electron chi connectivity index (χ0n) is 8.30. The highest BCUT2D eigenvalue weighted by molar-refractivity contribution is 4.89. The summed E-state index contributed by atoms with van der Waals surface area (Å²) < 4.78 is 13.5. The number of alkyl halides is 1. The number of nitrogens with zero attached hydrogens (tertiary/aromatic N) is 1. The molecule has 2 aliphatic rings. The van der Waals surface area contributed by atoms with Crippen molar-refractivity contribution < 1.29 is 4.39 Å². The Labute approximate surface area is 79.5 Å².